The molecule has 1 aromatic carbocycles. The van der Waals surface area contributed by atoms with E-state index in [2.05, 4.69) is 46.5 Å². The second-order valence-electron chi connectivity index (χ2n) is 3.55. The largest absolute Gasteiger partial charge is 0.318 e. The Balaban J connectivity index is 2.59. The van der Waals surface area contributed by atoms with E-state index >= 15 is 0 Å². The predicted octanol–water partition coefficient (Wildman–Crippen LogP) is 4.51. The molecule has 1 nitrogen and oxygen atoms in total. The van der Waals surface area contributed by atoms with Crippen LogP contribution in [0.1, 0.15) is 11.4 Å². The molecule has 0 bridgehead atoms. The Bertz CT molecular complexity index is 483. The zero-order valence-corrected chi connectivity index (χ0v) is 10.9. The lowest BCUT2D eigenvalue weighted by Gasteiger charge is -2.10. The third-order valence-corrected chi connectivity index (χ3v) is 3.65. The van der Waals surface area contributed by atoms with Crippen LogP contribution >= 0.6 is 27.5 Å². The molecule has 0 saturated heterocycles. The summed E-state index contributed by atoms with van der Waals surface area (Å²) in [7, 11) is 0. The van der Waals surface area contributed by atoms with Crippen LogP contribution in [0.4, 0.5) is 0 Å². The topological polar surface area (TPSA) is 4.93 Å². The summed E-state index contributed by atoms with van der Waals surface area (Å²) in [6, 6.07) is 10.2. The van der Waals surface area contributed by atoms with E-state index in [0.29, 0.717) is 0 Å². The van der Waals surface area contributed by atoms with Crippen LogP contribution in [0.15, 0.2) is 34.8 Å². The first-order chi connectivity index (χ1) is 7.09. The molecule has 2 rings (SSSR count). The van der Waals surface area contributed by atoms with Crippen molar-refractivity contribution >= 4 is 27.5 Å². The number of benzene rings is 1. The van der Waals surface area contributed by atoms with Crippen LogP contribution < -0.4 is 0 Å². The van der Waals surface area contributed by atoms with Gasteiger partial charge in [0, 0.05) is 21.5 Å². The molecule has 0 saturated carbocycles. The molecule has 3 heteroatoms. The summed E-state index contributed by atoms with van der Waals surface area (Å²) >= 11 is 9.40. The van der Waals surface area contributed by atoms with Crippen molar-refractivity contribution in [3.05, 3.63) is 51.2 Å². The Hall–Kier alpha value is -0.730. The number of halogens is 2. The predicted molar refractivity (Wildman–Crippen MR) is 68.0 cm³/mol. The van der Waals surface area contributed by atoms with Crippen molar-refractivity contribution in [2.75, 3.05) is 0 Å². The zero-order chi connectivity index (χ0) is 11.0. The zero-order valence-electron chi connectivity index (χ0n) is 8.59. The highest BCUT2D eigenvalue weighted by Crippen LogP contribution is 2.26. The van der Waals surface area contributed by atoms with Crippen LogP contribution in [-0.2, 0) is 0 Å². The minimum atomic E-state index is 0.737. The van der Waals surface area contributed by atoms with Gasteiger partial charge in [-0.1, -0.05) is 11.6 Å². The van der Waals surface area contributed by atoms with Gasteiger partial charge in [0.25, 0.3) is 0 Å². The lowest BCUT2D eigenvalue weighted by Crippen LogP contribution is -1.98. The molecular weight excluding hydrogens is 273 g/mol. The smallest absolute Gasteiger partial charge is 0.0549 e. The summed E-state index contributed by atoms with van der Waals surface area (Å²) in [6.45, 7) is 4.19. The highest BCUT2D eigenvalue weighted by Gasteiger charge is 2.05. The lowest BCUT2D eigenvalue weighted by atomic mass is 10.3. The van der Waals surface area contributed by atoms with E-state index in [0.717, 1.165) is 15.2 Å². The monoisotopic (exact) mass is 283 g/mol. The molecule has 0 aliphatic heterocycles. The Morgan fingerprint density at radius 2 is 1.67 bits per heavy atom. The third kappa shape index (κ3) is 1.97. The van der Waals surface area contributed by atoms with Gasteiger partial charge in [0.1, 0.15) is 0 Å². The van der Waals surface area contributed by atoms with Gasteiger partial charge in [-0.15, -0.1) is 0 Å². The van der Waals surface area contributed by atoms with Crippen LogP contribution in [0.25, 0.3) is 5.69 Å². The van der Waals surface area contributed by atoms with Gasteiger partial charge in [-0.25, -0.2) is 0 Å². The number of aryl methyl sites for hydroxylation is 2. The van der Waals surface area contributed by atoms with Crippen molar-refractivity contribution in [3.63, 3.8) is 0 Å². The maximum atomic E-state index is 5.97. The summed E-state index contributed by atoms with van der Waals surface area (Å²) in [5.74, 6) is 0. The average Bonchev–Trinajstić information content (AvgIpc) is 2.52. The summed E-state index contributed by atoms with van der Waals surface area (Å²) < 4.78 is 3.12. The summed E-state index contributed by atoms with van der Waals surface area (Å²) in [6.07, 6.45) is 0. The summed E-state index contributed by atoms with van der Waals surface area (Å²) in [5.41, 5.74) is 3.58. The van der Waals surface area contributed by atoms with Crippen LogP contribution in [0.3, 0.4) is 0 Å². The minimum Gasteiger partial charge on any atom is -0.318 e. The van der Waals surface area contributed by atoms with Crippen LogP contribution in [0.2, 0.25) is 5.02 Å². The van der Waals surface area contributed by atoms with Gasteiger partial charge in [0.15, 0.2) is 0 Å². The first-order valence-electron chi connectivity index (χ1n) is 4.70. The fraction of sp³-hybridized carbons (Fsp3) is 0.167. The quantitative estimate of drug-likeness (QED) is 0.726. The summed E-state index contributed by atoms with van der Waals surface area (Å²) in [4.78, 5) is 0. The Morgan fingerprint density at radius 3 is 2.20 bits per heavy atom. The van der Waals surface area contributed by atoms with E-state index in [1.54, 1.807) is 0 Å². The highest BCUT2D eigenvalue weighted by atomic mass is 79.9. The van der Waals surface area contributed by atoms with Crippen LogP contribution in [0, 0.1) is 13.8 Å². The molecule has 15 heavy (non-hydrogen) atoms. The molecule has 0 amide bonds. The second kappa shape index (κ2) is 4.03. The molecule has 2 aromatic rings. The maximum Gasteiger partial charge on any atom is 0.0549 e. The van der Waals surface area contributed by atoms with Gasteiger partial charge >= 0.3 is 0 Å². The maximum absolute atomic E-state index is 5.97. The fourth-order valence-electron chi connectivity index (χ4n) is 1.70. The van der Waals surface area contributed by atoms with Crippen molar-refractivity contribution in [2.45, 2.75) is 13.8 Å². The third-order valence-electron chi connectivity index (χ3n) is 2.43. The average molecular weight is 285 g/mol. The van der Waals surface area contributed by atoms with Gasteiger partial charge in [-0.2, -0.15) is 0 Å². The lowest BCUT2D eigenvalue weighted by molar-refractivity contribution is 0.965. The molecule has 0 N–H and O–H groups in total. The molecule has 0 aliphatic carbocycles. The molecule has 0 atom stereocenters. The van der Waals surface area contributed by atoms with Crippen molar-refractivity contribution in [3.8, 4) is 5.69 Å². The Morgan fingerprint density at radius 1 is 1.07 bits per heavy atom. The Kier molecular flexibility index (Phi) is 2.89. The molecule has 78 valence electrons. The second-order valence-corrected chi connectivity index (χ2v) is 4.81. The number of hydrogen-bond acceptors (Lipinski definition) is 0. The van der Waals surface area contributed by atoms with Gasteiger partial charge in [-0.05, 0) is 60.1 Å². The first-order valence-corrected chi connectivity index (χ1v) is 5.87. The molecule has 0 spiro atoms. The van der Waals surface area contributed by atoms with Gasteiger partial charge in [-0.3, -0.25) is 0 Å². The number of nitrogens with zero attached hydrogens (tertiary/aromatic N) is 1. The molecule has 0 unspecified atom stereocenters. The van der Waals surface area contributed by atoms with E-state index in [9.17, 15) is 0 Å². The van der Waals surface area contributed by atoms with E-state index in [4.69, 9.17) is 11.6 Å². The van der Waals surface area contributed by atoms with Crippen molar-refractivity contribution in [2.24, 2.45) is 0 Å². The number of hydrogen-bond donors (Lipinski definition) is 0. The molecule has 0 fully saturated rings. The molecule has 1 aromatic heterocycles. The highest BCUT2D eigenvalue weighted by molar-refractivity contribution is 9.10. The molecule has 1 heterocycles. The minimum absolute atomic E-state index is 0.737. The summed E-state index contributed by atoms with van der Waals surface area (Å²) in [5, 5.41) is 0.737. The molecule has 0 aliphatic rings. The van der Waals surface area contributed by atoms with E-state index in [1.807, 2.05) is 18.2 Å². The van der Waals surface area contributed by atoms with Crippen molar-refractivity contribution < 1.29 is 0 Å². The molecular formula is C12H11BrClN. The normalized spacial score (nSPS) is 10.7. The van der Waals surface area contributed by atoms with E-state index < -0.39 is 0 Å². The Labute approximate surface area is 103 Å². The number of rotatable bonds is 1. The van der Waals surface area contributed by atoms with Crippen molar-refractivity contribution in [1.29, 1.82) is 0 Å². The van der Waals surface area contributed by atoms with Crippen LogP contribution in [0.5, 0.6) is 0 Å². The SMILES string of the molecule is Cc1ccc(C)n1-c1ccc(Cl)c(Br)c1. The van der Waals surface area contributed by atoms with Crippen molar-refractivity contribution in [1.82, 2.24) is 4.57 Å². The van der Waals surface area contributed by atoms with Gasteiger partial charge in [0.05, 0.1) is 5.02 Å². The van der Waals surface area contributed by atoms with Gasteiger partial charge in [0.2, 0.25) is 0 Å². The van der Waals surface area contributed by atoms with E-state index in [1.165, 1.54) is 11.4 Å². The number of aromatic nitrogens is 1. The van der Waals surface area contributed by atoms with Gasteiger partial charge < -0.3 is 4.57 Å². The first kappa shape index (κ1) is 10.8. The molecule has 0 radical (unpaired) electrons. The fourth-order valence-corrected chi connectivity index (χ4v) is 2.18. The van der Waals surface area contributed by atoms with Crippen LogP contribution in [-0.4, -0.2) is 4.57 Å². The van der Waals surface area contributed by atoms with E-state index in [-0.39, 0.29) is 0 Å². The standard InChI is InChI=1S/C12H11BrClN/c1-8-3-4-9(2)15(8)10-5-6-12(14)11(13)7-10/h3-7H,1-2H3.